The molecule has 2 N–H and O–H groups in total. The van der Waals surface area contributed by atoms with E-state index in [9.17, 15) is 29.1 Å². The first-order valence-corrected chi connectivity index (χ1v) is 11.3. The van der Waals surface area contributed by atoms with Crippen LogP contribution in [0.5, 0.6) is 5.75 Å². The summed E-state index contributed by atoms with van der Waals surface area (Å²) in [6.45, 7) is 2.25. The number of hydrogen-bond donors (Lipinski definition) is 2. The van der Waals surface area contributed by atoms with Crippen LogP contribution in [0.1, 0.15) is 26.7 Å². The lowest BCUT2D eigenvalue weighted by Crippen LogP contribution is -2.83. The molecule has 0 unspecified atom stereocenters. The summed E-state index contributed by atoms with van der Waals surface area (Å²) in [4.78, 5) is 63.1. The van der Waals surface area contributed by atoms with Crippen molar-refractivity contribution < 1.29 is 38.6 Å². The average Bonchev–Trinajstić information content (AvgIpc) is 2.79. The number of thioether (sulfide) groups is 1. The van der Waals surface area contributed by atoms with Gasteiger partial charge in [-0.1, -0.05) is 25.1 Å². The smallest absolute Gasteiger partial charge is 0.352 e. The normalized spacial score (nSPS) is 21.6. The summed E-state index contributed by atoms with van der Waals surface area (Å²) in [6.07, 6.45) is 0.476. The lowest BCUT2D eigenvalue weighted by molar-refractivity contribution is -0.164. The third kappa shape index (κ3) is 4.72. The van der Waals surface area contributed by atoms with E-state index in [2.05, 4.69) is 5.32 Å². The quantitative estimate of drug-likeness (QED) is 0.289. The maximum Gasteiger partial charge on any atom is 0.352 e. The first-order valence-electron chi connectivity index (χ1n) is 10.3. The molecule has 176 valence electrons. The summed E-state index contributed by atoms with van der Waals surface area (Å²) >= 11 is 1.13. The van der Waals surface area contributed by atoms with Gasteiger partial charge in [0.1, 0.15) is 23.4 Å². The van der Waals surface area contributed by atoms with Crippen LogP contribution in [0.3, 0.4) is 0 Å². The monoisotopic (exact) mass is 476 g/mol. The molecule has 1 fully saturated rings. The minimum absolute atomic E-state index is 0.0306. The number of para-hydroxylation sites is 1. The number of Topliss-reactive ketones (excluding diaryl/α,β-unsaturated/α-hetero) is 1. The molecule has 2 amide bonds. The number of carboxylic acids is 1. The molecule has 0 saturated carbocycles. The predicted octanol–water partition coefficient (Wildman–Crippen LogP) is 1.11. The molecule has 0 bridgehead atoms. The molecule has 2 heterocycles. The molecular formula is C22H24N2O8S. The zero-order valence-corrected chi connectivity index (χ0v) is 19.0. The van der Waals surface area contributed by atoms with Crippen LogP contribution >= 0.6 is 11.8 Å². The van der Waals surface area contributed by atoms with Crippen LogP contribution < -0.4 is 10.1 Å². The van der Waals surface area contributed by atoms with Gasteiger partial charge in [-0.3, -0.25) is 24.1 Å². The molecule has 3 rings (SSSR count). The summed E-state index contributed by atoms with van der Waals surface area (Å²) in [6, 6.07) is 8.58. The highest BCUT2D eigenvalue weighted by Crippen LogP contribution is 2.47. The largest absolute Gasteiger partial charge is 0.484 e. The average molecular weight is 477 g/mol. The molecule has 33 heavy (non-hydrogen) atoms. The Bertz CT molecular complexity index is 1010. The van der Waals surface area contributed by atoms with Crippen molar-refractivity contribution in [2.24, 2.45) is 0 Å². The predicted molar refractivity (Wildman–Crippen MR) is 117 cm³/mol. The Hall–Kier alpha value is -3.34. The van der Waals surface area contributed by atoms with Gasteiger partial charge in [-0.05, 0) is 18.6 Å². The Morgan fingerprint density at radius 1 is 1.24 bits per heavy atom. The fraction of sp³-hybridized carbons (Fsp3) is 0.409. The van der Waals surface area contributed by atoms with Crippen molar-refractivity contribution in [1.29, 1.82) is 0 Å². The zero-order chi connectivity index (χ0) is 24.2. The third-order valence-electron chi connectivity index (χ3n) is 5.17. The van der Waals surface area contributed by atoms with Crippen LogP contribution in [0, 0.1) is 0 Å². The number of nitrogens with zero attached hydrogens (tertiary/aromatic N) is 1. The van der Waals surface area contributed by atoms with Crippen LogP contribution in [0.2, 0.25) is 0 Å². The maximum absolute atomic E-state index is 13.3. The number of benzene rings is 1. The van der Waals surface area contributed by atoms with Crippen molar-refractivity contribution in [3.05, 3.63) is 41.6 Å². The van der Waals surface area contributed by atoms with Gasteiger partial charge in [-0.15, -0.1) is 11.8 Å². The van der Waals surface area contributed by atoms with Crippen LogP contribution in [0.4, 0.5) is 0 Å². The molecule has 1 aromatic rings. The van der Waals surface area contributed by atoms with Crippen molar-refractivity contribution in [3.8, 4) is 5.75 Å². The second-order valence-corrected chi connectivity index (χ2v) is 8.58. The lowest BCUT2D eigenvalue weighted by atomic mass is 9.80. The van der Waals surface area contributed by atoms with Crippen molar-refractivity contribution >= 4 is 41.3 Å². The van der Waals surface area contributed by atoms with E-state index in [1.165, 1.54) is 6.92 Å². The number of esters is 1. The van der Waals surface area contributed by atoms with E-state index in [4.69, 9.17) is 9.47 Å². The van der Waals surface area contributed by atoms with E-state index >= 15 is 0 Å². The number of rotatable bonds is 10. The van der Waals surface area contributed by atoms with Gasteiger partial charge < -0.3 is 19.9 Å². The van der Waals surface area contributed by atoms with Crippen molar-refractivity contribution in [2.75, 3.05) is 19.0 Å². The summed E-state index contributed by atoms with van der Waals surface area (Å²) in [5, 5.41) is 11.3. The van der Waals surface area contributed by atoms with Crippen molar-refractivity contribution in [1.82, 2.24) is 10.2 Å². The number of hydrogen-bond acceptors (Lipinski definition) is 8. The zero-order valence-electron chi connectivity index (χ0n) is 18.2. The number of nitrogens with one attached hydrogen (secondary N) is 1. The second kappa shape index (κ2) is 10.1. The van der Waals surface area contributed by atoms with Gasteiger partial charge in [0.05, 0.1) is 0 Å². The highest BCUT2D eigenvalue weighted by atomic mass is 32.2. The van der Waals surface area contributed by atoms with Gasteiger partial charge in [0.15, 0.2) is 12.4 Å². The van der Waals surface area contributed by atoms with Crippen LogP contribution in [-0.4, -0.2) is 69.4 Å². The van der Waals surface area contributed by atoms with Crippen LogP contribution in [0.15, 0.2) is 41.6 Å². The number of carbonyl (C=O) groups excluding carboxylic acids is 4. The molecule has 11 heteroatoms. The number of amides is 2. The number of carboxylic acid groups (broad SMARTS) is 1. The molecule has 0 aliphatic carbocycles. The Kier molecular flexibility index (Phi) is 7.42. The van der Waals surface area contributed by atoms with E-state index in [-0.39, 0.29) is 30.1 Å². The van der Waals surface area contributed by atoms with E-state index < -0.39 is 47.1 Å². The van der Waals surface area contributed by atoms with E-state index in [1.54, 1.807) is 37.3 Å². The Balaban J connectivity index is 1.85. The van der Waals surface area contributed by atoms with Crippen LogP contribution in [0.25, 0.3) is 0 Å². The second-order valence-electron chi connectivity index (χ2n) is 7.51. The van der Waals surface area contributed by atoms with Gasteiger partial charge in [0.2, 0.25) is 5.54 Å². The van der Waals surface area contributed by atoms with Gasteiger partial charge in [0, 0.05) is 24.7 Å². The third-order valence-corrected chi connectivity index (χ3v) is 6.57. The van der Waals surface area contributed by atoms with Gasteiger partial charge in [-0.2, -0.15) is 0 Å². The summed E-state index contributed by atoms with van der Waals surface area (Å²) in [7, 11) is 0. The lowest BCUT2D eigenvalue weighted by Gasteiger charge is -2.56. The van der Waals surface area contributed by atoms with E-state index in [1.807, 2.05) is 0 Å². The summed E-state index contributed by atoms with van der Waals surface area (Å²) in [5.74, 6) is -3.42. The van der Waals surface area contributed by atoms with Gasteiger partial charge >= 0.3 is 11.9 Å². The maximum atomic E-state index is 13.3. The molecule has 0 aromatic heterocycles. The number of ether oxygens (including phenoxy) is 2. The fourth-order valence-electron chi connectivity index (χ4n) is 3.71. The molecule has 10 nitrogen and oxygen atoms in total. The first kappa shape index (κ1) is 24.3. The summed E-state index contributed by atoms with van der Waals surface area (Å²) < 4.78 is 10.3. The molecular weight excluding hydrogens is 452 g/mol. The topological polar surface area (TPSA) is 139 Å². The minimum Gasteiger partial charge on any atom is -0.484 e. The fourth-order valence-corrected chi connectivity index (χ4v) is 5.18. The van der Waals surface area contributed by atoms with Gasteiger partial charge in [0.25, 0.3) is 11.8 Å². The molecule has 1 saturated heterocycles. The van der Waals surface area contributed by atoms with E-state index in [0.717, 1.165) is 16.7 Å². The van der Waals surface area contributed by atoms with Crippen molar-refractivity contribution in [3.63, 3.8) is 0 Å². The minimum atomic E-state index is -1.88. The molecule has 2 atom stereocenters. The number of ketones is 1. The van der Waals surface area contributed by atoms with Crippen LogP contribution in [-0.2, 0) is 28.7 Å². The SMILES string of the molecule is CCCC(=O)[C@]1(NC(=O)COc2ccccc2)C(=O)N2C(C(=O)O)=C(COC(C)=O)CS[C@@H]21. The number of aliphatic carboxylic acids is 1. The molecule has 2 aliphatic rings. The standard InChI is InChI=1S/C22H24N2O8S/c1-3-7-16(26)22(23-17(27)11-32-15-8-5-4-6-9-15)20(30)24-18(19(28)29)14(10-31-13(2)25)12-33-21(22)24/h4-6,8-9,21H,3,7,10-12H2,1-2H3,(H,23,27)(H,28,29)/t21-,22+/m1/s1. The Labute approximate surface area is 194 Å². The highest BCUT2D eigenvalue weighted by Gasteiger charge is 2.69. The van der Waals surface area contributed by atoms with Gasteiger partial charge in [-0.25, -0.2) is 4.79 Å². The molecule has 2 aliphatic heterocycles. The highest BCUT2D eigenvalue weighted by molar-refractivity contribution is 8.00. The molecule has 1 aromatic carbocycles. The first-order chi connectivity index (χ1) is 15.7. The Morgan fingerprint density at radius 3 is 2.55 bits per heavy atom. The van der Waals surface area contributed by atoms with E-state index in [0.29, 0.717) is 12.2 Å². The van der Waals surface area contributed by atoms with Crippen molar-refractivity contribution in [2.45, 2.75) is 37.6 Å². The Morgan fingerprint density at radius 2 is 1.94 bits per heavy atom. The molecule has 0 radical (unpaired) electrons. The number of fused-ring (bicyclic) bond motifs is 1. The number of carbonyl (C=O) groups is 5. The number of β-lactam (4-membered cyclic amide) rings is 1. The molecule has 0 spiro atoms. The summed E-state index contributed by atoms with van der Waals surface area (Å²) in [5.41, 5.74) is -1.98.